The number of aliphatic carboxylic acids is 1. The van der Waals surface area contributed by atoms with E-state index in [1.54, 1.807) is 46.4 Å². The fourth-order valence-corrected chi connectivity index (χ4v) is 6.40. The summed E-state index contributed by atoms with van der Waals surface area (Å²) >= 11 is 0. The van der Waals surface area contributed by atoms with Crippen LogP contribution < -0.4 is 16.4 Å². The summed E-state index contributed by atoms with van der Waals surface area (Å²) < 4.78 is 10.5. The lowest BCUT2D eigenvalue weighted by Crippen LogP contribution is -2.55. The second-order valence-electron chi connectivity index (χ2n) is 16.2. The fourth-order valence-electron chi connectivity index (χ4n) is 6.40. The average Bonchev–Trinajstić information content (AvgIpc) is 3.58. The van der Waals surface area contributed by atoms with E-state index in [1.807, 2.05) is 41.5 Å². The standard InChI is InChI=1S/C18H33N3O4.C18H32N2O5/c1-7-12-8-9-14(15(19)22)21(12)16(23)13(10-11(2)3)20-17(24)25-18(4,5)6;1-7-12-8-9-14(16(22)23)20(12)15(21)13(10-11(2)3)19-17(24)25-18(4,5)6/h11-14H,7-10H2,1-6H3,(H2,19,22)(H,20,24);11-14H,7-10H2,1-6H3,(H,19,24)(H,22,23)/t12-,13-,14-;12?,13-,14-/m00/s1. The number of hydrogen-bond acceptors (Lipinski definition) is 8. The molecule has 0 radical (unpaired) electrons. The van der Waals surface area contributed by atoms with Gasteiger partial charge in [0.05, 0.1) is 0 Å². The number of hydrogen-bond donors (Lipinski definition) is 4. The van der Waals surface area contributed by atoms with Crippen LogP contribution in [0.15, 0.2) is 0 Å². The summed E-state index contributed by atoms with van der Waals surface area (Å²) in [5.41, 5.74) is 4.17. The van der Waals surface area contributed by atoms with Crippen molar-refractivity contribution in [2.45, 2.75) is 182 Å². The lowest BCUT2D eigenvalue weighted by atomic mass is 10.0. The predicted molar refractivity (Wildman–Crippen MR) is 190 cm³/mol. The maximum atomic E-state index is 13.1. The molecule has 2 fully saturated rings. The predicted octanol–water partition coefficient (Wildman–Crippen LogP) is 4.96. The van der Waals surface area contributed by atoms with E-state index in [-0.39, 0.29) is 35.7 Å². The molecule has 288 valence electrons. The Hall–Kier alpha value is -3.58. The summed E-state index contributed by atoms with van der Waals surface area (Å²) in [5, 5.41) is 14.8. The molecule has 0 aromatic carbocycles. The zero-order valence-electron chi connectivity index (χ0n) is 32.5. The first-order valence-corrected chi connectivity index (χ1v) is 18.1. The molecular weight excluding hydrogens is 646 g/mol. The summed E-state index contributed by atoms with van der Waals surface area (Å²) in [6, 6.07) is -3.09. The van der Waals surface area contributed by atoms with Crippen LogP contribution in [-0.2, 0) is 28.7 Å². The molecule has 2 heterocycles. The number of carbonyl (C=O) groups is 6. The van der Waals surface area contributed by atoms with Gasteiger partial charge in [-0.15, -0.1) is 0 Å². The number of alkyl carbamates (subject to hydrolysis) is 2. The van der Waals surface area contributed by atoms with Gasteiger partial charge in [-0.1, -0.05) is 41.5 Å². The summed E-state index contributed by atoms with van der Waals surface area (Å²) in [5.74, 6) is -1.73. The van der Waals surface area contributed by atoms with E-state index in [0.29, 0.717) is 38.5 Å². The Labute approximate surface area is 298 Å². The molecule has 0 bridgehead atoms. The molecule has 0 aliphatic carbocycles. The van der Waals surface area contributed by atoms with Crippen LogP contribution in [0.4, 0.5) is 9.59 Å². The lowest BCUT2D eigenvalue weighted by Gasteiger charge is -2.33. The van der Waals surface area contributed by atoms with Crippen molar-refractivity contribution in [3.8, 4) is 0 Å². The molecule has 0 aromatic rings. The number of primary amides is 1. The average molecular weight is 712 g/mol. The minimum Gasteiger partial charge on any atom is -0.480 e. The number of nitrogens with one attached hydrogen (secondary N) is 2. The van der Waals surface area contributed by atoms with Crippen molar-refractivity contribution in [1.29, 1.82) is 0 Å². The van der Waals surface area contributed by atoms with Crippen molar-refractivity contribution in [1.82, 2.24) is 20.4 Å². The van der Waals surface area contributed by atoms with Crippen LogP contribution in [0.3, 0.4) is 0 Å². The van der Waals surface area contributed by atoms with Crippen molar-refractivity contribution in [2.24, 2.45) is 17.6 Å². The molecule has 14 nitrogen and oxygen atoms in total. The molecule has 5 N–H and O–H groups in total. The maximum Gasteiger partial charge on any atom is 0.408 e. The van der Waals surface area contributed by atoms with Crippen LogP contribution in [-0.4, -0.2) is 98.2 Å². The summed E-state index contributed by atoms with van der Waals surface area (Å²) in [4.78, 5) is 76.7. The molecule has 2 rings (SSSR count). The number of carboxylic acid groups (broad SMARTS) is 1. The molecule has 2 aliphatic rings. The van der Waals surface area contributed by atoms with Crippen LogP contribution in [0, 0.1) is 11.8 Å². The van der Waals surface area contributed by atoms with Crippen LogP contribution in [0.25, 0.3) is 0 Å². The van der Waals surface area contributed by atoms with Gasteiger partial charge in [-0.3, -0.25) is 14.4 Å². The van der Waals surface area contributed by atoms with Crippen LogP contribution >= 0.6 is 0 Å². The highest BCUT2D eigenvalue weighted by Crippen LogP contribution is 2.29. The van der Waals surface area contributed by atoms with E-state index in [0.717, 1.165) is 12.8 Å². The van der Waals surface area contributed by atoms with Crippen molar-refractivity contribution in [3.05, 3.63) is 0 Å². The van der Waals surface area contributed by atoms with Gasteiger partial charge in [-0.05, 0) is 105 Å². The zero-order valence-corrected chi connectivity index (χ0v) is 32.5. The topological polar surface area (TPSA) is 198 Å². The largest absolute Gasteiger partial charge is 0.480 e. The Balaban J connectivity index is 0.000000500. The number of nitrogens with two attached hydrogens (primary N) is 1. The first kappa shape index (κ1) is 44.4. The smallest absolute Gasteiger partial charge is 0.408 e. The second kappa shape index (κ2) is 19.1. The van der Waals surface area contributed by atoms with Gasteiger partial charge >= 0.3 is 18.2 Å². The van der Waals surface area contributed by atoms with Gasteiger partial charge in [0.25, 0.3) is 0 Å². The Morgan fingerprint density at radius 3 is 1.30 bits per heavy atom. The third kappa shape index (κ3) is 14.3. The van der Waals surface area contributed by atoms with E-state index in [9.17, 15) is 33.9 Å². The molecule has 0 aromatic heterocycles. The van der Waals surface area contributed by atoms with E-state index in [4.69, 9.17) is 15.2 Å². The minimum absolute atomic E-state index is 0.0277. The normalized spacial score (nSPS) is 22.0. The Kier molecular flexibility index (Phi) is 17.0. The van der Waals surface area contributed by atoms with Crippen LogP contribution in [0.5, 0.6) is 0 Å². The Morgan fingerprint density at radius 1 is 0.680 bits per heavy atom. The van der Waals surface area contributed by atoms with Gasteiger partial charge in [0.2, 0.25) is 17.7 Å². The highest BCUT2D eigenvalue weighted by Gasteiger charge is 2.44. The zero-order chi connectivity index (χ0) is 38.7. The van der Waals surface area contributed by atoms with Gasteiger partial charge in [0, 0.05) is 12.1 Å². The summed E-state index contributed by atoms with van der Waals surface area (Å²) in [7, 11) is 0. The maximum absolute atomic E-state index is 13.1. The molecule has 5 amide bonds. The quantitative estimate of drug-likeness (QED) is 0.216. The van der Waals surface area contributed by atoms with E-state index in [1.165, 1.54) is 4.90 Å². The lowest BCUT2D eigenvalue weighted by molar-refractivity contribution is -0.150. The third-order valence-electron chi connectivity index (χ3n) is 8.46. The molecule has 14 heteroatoms. The number of carbonyl (C=O) groups excluding carboxylic acids is 5. The number of ether oxygens (including phenoxy) is 2. The van der Waals surface area contributed by atoms with Gasteiger partial charge in [-0.25, -0.2) is 14.4 Å². The van der Waals surface area contributed by atoms with E-state index in [2.05, 4.69) is 10.6 Å². The third-order valence-corrected chi connectivity index (χ3v) is 8.46. The Bertz CT molecular complexity index is 1090. The number of amides is 5. The molecule has 0 spiro atoms. The van der Waals surface area contributed by atoms with Gasteiger partial charge in [0.1, 0.15) is 35.4 Å². The monoisotopic (exact) mass is 711 g/mol. The SMILES string of the molecule is CCC1CC[C@@H](C(=O)O)N1C(=O)[C@H](CC(C)C)NC(=O)OC(C)(C)C.CC[C@H]1CC[C@@H](C(N)=O)N1C(=O)[C@H](CC(C)C)NC(=O)OC(C)(C)C. The first-order valence-electron chi connectivity index (χ1n) is 18.1. The number of likely N-dealkylation sites (tertiary alicyclic amines) is 2. The summed E-state index contributed by atoms with van der Waals surface area (Å²) in [6.07, 6.45) is 3.47. The van der Waals surface area contributed by atoms with Crippen molar-refractivity contribution >= 4 is 35.9 Å². The van der Waals surface area contributed by atoms with Crippen molar-refractivity contribution in [3.63, 3.8) is 0 Å². The molecule has 2 aliphatic heterocycles. The molecule has 50 heavy (non-hydrogen) atoms. The molecule has 6 atom stereocenters. The minimum atomic E-state index is -0.995. The highest BCUT2D eigenvalue weighted by molar-refractivity contribution is 5.92. The highest BCUT2D eigenvalue weighted by atomic mass is 16.6. The van der Waals surface area contributed by atoms with Crippen LogP contribution in [0.1, 0.15) is 134 Å². The number of nitrogens with zero attached hydrogens (tertiary/aromatic N) is 2. The first-order chi connectivity index (χ1) is 22.9. The van der Waals surface area contributed by atoms with E-state index >= 15 is 0 Å². The second-order valence-corrected chi connectivity index (χ2v) is 16.2. The van der Waals surface area contributed by atoms with Crippen molar-refractivity contribution in [2.75, 3.05) is 0 Å². The van der Waals surface area contributed by atoms with Gasteiger partial charge in [-0.2, -0.15) is 0 Å². The molecule has 2 saturated heterocycles. The van der Waals surface area contributed by atoms with Gasteiger partial charge in [0.15, 0.2) is 0 Å². The van der Waals surface area contributed by atoms with E-state index < -0.39 is 59.4 Å². The van der Waals surface area contributed by atoms with Crippen LogP contribution in [0.2, 0.25) is 0 Å². The fraction of sp³-hybridized carbons (Fsp3) is 0.833. The molecule has 0 saturated carbocycles. The molecule has 1 unspecified atom stereocenters. The number of carboxylic acids is 1. The van der Waals surface area contributed by atoms with Crippen molar-refractivity contribution < 1.29 is 43.3 Å². The summed E-state index contributed by atoms with van der Waals surface area (Å²) in [6.45, 7) is 22.3. The number of rotatable bonds is 12. The molecular formula is C36H65N5O9. The Morgan fingerprint density at radius 2 is 1.02 bits per heavy atom. The van der Waals surface area contributed by atoms with Gasteiger partial charge < -0.3 is 40.7 Å².